The second-order valence-electron chi connectivity index (χ2n) is 5.05. The molecule has 2 heterocycles. The van der Waals surface area contributed by atoms with Gasteiger partial charge in [0.2, 0.25) is 0 Å². The molecule has 0 spiro atoms. The van der Waals surface area contributed by atoms with Crippen molar-refractivity contribution in [3.63, 3.8) is 0 Å². The summed E-state index contributed by atoms with van der Waals surface area (Å²) in [5.74, 6) is 0.483. The second kappa shape index (κ2) is 5.94. The van der Waals surface area contributed by atoms with Crippen LogP contribution in [0.25, 0.3) is 0 Å². The average Bonchev–Trinajstić information content (AvgIpc) is 2.88. The van der Waals surface area contributed by atoms with Crippen molar-refractivity contribution >= 4 is 11.3 Å². The van der Waals surface area contributed by atoms with E-state index in [1.54, 1.807) is 11.3 Å². The highest BCUT2D eigenvalue weighted by atomic mass is 32.1. The van der Waals surface area contributed by atoms with E-state index >= 15 is 0 Å². The van der Waals surface area contributed by atoms with E-state index in [-0.39, 0.29) is 6.10 Å². The Morgan fingerprint density at radius 1 is 1.65 bits per heavy atom. The number of hydrogen-bond acceptors (Lipinski definition) is 4. The second-order valence-corrected chi connectivity index (χ2v) is 6.11. The standard InChI is InChI=1S/C13H22N2OS/c1-10(16)12-5-7-15(8-12)6-3-4-13-9-17-11(2)14-13/h9-10,12,16H,3-8H2,1-2H3. The van der Waals surface area contributed by atoms with Gasteiger partial charge >= 0.3 is 0 Å². The topological polar surface area (TPSA) is 36.4 Å². The van der Waals surface area contributed by atoms with E-state index in [9.17, 15) is 5.11 Å². The first-order chi connectivity index (χ1) is 8.15. The van der Waals surface area contributed by atoms with Crippen LogP contribution < -0.4 is 0 Å². The molecule has 1 fully saturated rings. The van der Waals surface area contributed by atoms with E-state index in [1.807, 2.05) is 6.92 Å². The lowest BCUT2D eigenvalue weighted by Gasteiger charge is -2.16. The van der Waals surface area contributed by atoms with Crippen molar-refractivity contribution in [3.05, 3.63) is 16.1 Å². The Morgan fingerprint density at radius 2 is 2.47 bits per heavy atom. The summed E-state index contributed by atoms with van der Waals surface area (Å²) in [5, 5.41) is 12.9. The Labute approximate surface area is 107 Å². The molecule has 2 unspecified atom stereocenters. The number of nitrogens with zero attached hydrogens (tertiary/aromatic N) is 2. The monoisotopic (exact) mass is 254 g/mol. The van der Waals surface area contributed by atoms with Crippen LogP contribution in [0.1, 0.15) is 30.5 Å². The number of aliphatic hydroxyl groups is 1. The zero-order valence-electron chi connectivity index (χ0n) is 10.7. The molecule has 4 heteroatoms. The molecule has 0 radical (unpaired) electrons. The van der Waals surface area contributed by atoms with Gasteiger partial charge in [0.05, 0.1) is 16.8 Å². The fourth-order valence-electron chi connectivity index (χ4n) is 2.47. The van der Waals surface area contributed by atoms with Crippen molar-refractivity contribution in [2.45, 2.75) is 39.2 Å². The van der Waals surface area contributed by atoms with Gasteiger partial charge in [0.1, 0.15) is 0 Å². The lowest BCUT2D eigenvalue weighted by molar-refractivity contribution is 0.127. The smallest absolute Gasteiger partial charge is 0.0897 e. The van der Waals surface area contributed by atoms with Crippen LogP contribution in [0.15, 0.2) is 5.38 Å². The van der Waals surface area contributed by atoms with Crippen LogP contribution >= 0.6 is 11.3 Å². The highest BCUT2D eigenvalue weighted by Crippen LogP contribution is 2.20. The maximum absolute atomic E-state index is 9.54. The summed E-state index contributed by atoms with van der Waals surface area (Å²) in [4.78, 5) is 6.95. The molecule has 3 nitrogen and oxygen atoms in total. The zero-order valence-corrected chi connectivity index (χ0v) is 11.5. The number of aliphatic hydroxyl groups excluding tert-OH is 1. The number of thiazole rings is 1. The van der Waals surface area contributed by atoms with E-state index in [1.165, 1.54) is 12.1 Å². The van der Waals surface area contributed by atoms with Gasteiger partial charge in [-0.05, 0) is 52.1 Å². The molecule has 1 aromatic rings. The highest BCUT2D eigenvalue weighted by Gasteiger charge is 2.25. The molecule has 1 aromatic heterocycles. The van der Waals surface area contributed by atoms with E-state index in [0.29, 0.717) is 5.92 Å². The third-order valence-electron chi connectivity index (χ3n) is 3.56. The predicted molar refractivity (Wildman–Crippen MR) is 71.4 cm³/mol. The minimum absolute atomic E-state index is 0.152. The van der Waals surface area contributed by atoms with Gasteiger partial charge in [-0.15, -0.1) is 11.3 Å². The van der Waals surface area contributed by atoms with Crippen LogP contribution in [-0.2, 0) is 6.42 Å². The molecule has 96 valence electrons. The van der Waals surface area contributed by atoms with Crippen LogP contribution in [0.2, 0.25) is 0 Å². The lowest BCUT2D eigenvalue weighted by Crippen LogP contribution is -2.25. The van der Waals surface area contributed by atoms with Gasteiger partial charge in [-0.1, -0.05) is 0 Å². The molecule has 17 heavy (non-hydrogen) atoms. The van der Waals surface area contributed by atoms with Crippen molar-refractivity contribution in [2.75, 3.05) is 19.6 Å². The third kappa shape index (κ3) is 3.76. The SMILES string of the molecule is Cc1nc(CCCN2CCC(C(C)O)C2)cs1. The summed E-state index contributed by atoms with van der Waals surface area (Å²) in [6.45, 7) is 7.31. The molecule has 0 bridgehead atoms. The summed E-state index contributed by atoms with van der Waals surface area (Å²) in [5.41, 5.74) is 1.23. The van der Waals surface area contributed by atoms with E-state index in [0.717, 1.165) is 37.5 Å². The van der Waals surface area contributed by atoms with Crippen molar-refractivity contribution in [1.82, 2.24) is 9.88 Å². The van der Waals surface area contributed by atoms with Crippen molar-refractivity contribution in [3.8, 4) is 0 Å². The van der Waals surface area contributed by atoms with E-state index in [4.69, 9.17) is 0 Å². The van der Waals surface area contributed by atoms with Gasteiger partial charge in [-0.25, -0.2) is 4.98 Å². The van der Waals surface area contributed by atoms with Crippen molar-refractivity contribution in [1.29, 1.82) is 0 Å². The van der Waals surface area contributed by atoms with Crippen LogP contribution in [-0.4, -0.2) is 40.7 Å². The van der Waals surface area contributed by atoms with E-state index < -0.39 is 0 Å². The van der Waals surface area contributed by atoms with Crippen molar-refractivity contribution in [2.24, 2.45) is 5.92 Å². The molecule has 1 aliphatic rings. The predicted octanol–water partition coefficient (Wildman–Crippen LogP) is 2.09. The summed E-state index contributed by atoms with van der Waals surface area (Å²) in [6.07, 6.45) is 3.25. The summed E-state index contributed by atoms with van der Waals surface area (Å²) < 4.78 is 0. The number of aromatic nitrogens is 1. The quantitative estimate of drug-likeness (QED) is 0.874. The van der Waals surface area contributed by atoms with Gasteiger partial charge in [0.15, 0.2) is 0 Å². The van der Waals surface area contributed by atoms with Gasteiger partial charge in [-0.2, -0.15) is 0 Å². The number of likely N-dealkylation sites (tertiary alicyclic amines) is 1. The summed E-state index contributed by atoms with van der Waals surface area (Å²) >= 11 is 1.73. The maximum Gasteiger partial charge on any atom is 0.0897 e. The Kier molecular flexibility index (Phi) is 4.54. The number of hydrogen-bond donors (Lipinski definition) is 1. The fraction of sp³-hybridized carbons (Fsp3) is 0.769. The normalized spacial score (nSPS) is 23.1. The molecule has 2 rings (SSSR count). The fourth-order valence-corrected chi connectivity index (χ4v) is 3.11. The minimum atomic E-state index is -0.152. The van der Waals surface area contributed by atoms with Gasteiger partial charge in [0.25, 0.3) is 0 Å². The Bertz CT molecular complexity index is 351. The first-order valence-corrected chi connectivity index (χ1v) is 7.34. The number of aryl methyl sites for hydroxylation is 2. The Hall–Kier alpha value is -0.450. The molecular weight excluding hydrogens is 232 g/mol. The number of rotatable bonds is 5. The average molecular weight is 254 g/mol. The summed E-state index contributed by atoms with van der Waals surface area (Å²) in [7, 11) is 0. The molecule has 0 amide bonds. The molecule has 2 atom stereocenters. The lowest BCUT2D eigenvalue weighted by atomic mass is 10.0. The van der Waals surface area contributed by atoms with Gasteiger partial charge in [-0.3, -0.25) is 0 Å². The minimum Gasteiger partial charge on any atom is -0.393 e. The van der Waals surface area contributed by atoms with E-state index in [2.05, 4.69) is 22.2 Å². The van der Waals surface area contributed by atoms with Crippen LogP contribution in [0, 0.1) is 12.8 Å². The molecule has 1 aliphatic heterocycles. The summed E-state index contributed by atoms with van der Waals surface area (Å²) in [6, 6.07) is 0. The highest BCUT2D eigenvalue weighted by molar-refractivity contribution is 7.09. The van der Waals surface area contributed by atoms with Crippen LogP contribution in [0.3, 0.4) is 0 Å². The molecular formula is C13H22N2OS. The van der Waals surface area contributed by atoms with Gasteiger partial charge < -0.3 is 10.0 Å². The van der Waals surface area contributed by atoms with Crippen LogP contribution in [0.4, 0.5) is 0 Å². The third-order valence-corrected chi connectivity index (χ3v) is 4.39. The molecule has 0 aromatic carbocycles. The Balaban J connectivity index is 1.66. The first kappa shape index (κ1) is 13.0. The first-order valence-electron chi connectivity index (χ1n) is 6.46. The molecule has 1 saturated heterocycles. The molecule has 0 saturated carbocycles. The Morgan fingerprint density at radius 3 is 3.06 bits per heavy atom. The largest absolute Gasteiger partial charge is 0.393 e. The van der Waals surface area contributed by atoms with Gasteiger partial charge in [0, 0.05) is 11.9 Å². The zero-order chi connectivity index (χ0) is 12.3. The molecule has 1 N–H and O–H groups in total. The van der Waals surface area contributed by atoms with Crippen LogP contribution in [0.5, 0.6) is 0 Å². The molecule has 0 aliphatic carbocycles. The maximum atomic E-state index is 9.54. The van der Waals surface area contributed by atoms with Crippen molar-refractivity contribution < 1.29 is 5.11 Å².